The summed E-state index contributed by atoms with van der Waals surface area (Å²) >= 11 is 1.49. The standard InChI is InChI=1S/C25H25F3OS/c1-6-18-12-21(20-11-15(2)7-8-16(20)3)17(4)22(13-18)23-14-19(30-5)9-10-24(23)29-25(26,27)28/h7-14H,6H2,1-5H3. The number of thioether (sulfide) groups is 1. The van der Waals surface area contributed by atoms with Crippen molar-refractivity contribution in [3.05, 3.63) is 70.8 Å². The lowest BCUT2D eigenvalue weighted by Gasteiger charge is -2.20. The fourth-order valence-corrected chi connectivity index (χ4v) is 4.06. The molecule has 0 saturated heterocycles. The summed E-state index contributed by atoms with van der Waals surface area (Å²) < 4.78 is 43.6. The van der Waals surface area contributed by atoms with Gasteiger partial charge in [0.15, 0.2) is 0 Å². The summed E-state index contributed by atoms with van der Waals surface area (Å²) in [5.74, 6) is -0.177. The molecule has 0 N–H and O–H groups in total. The molecular weight excluding hydrogens is 405 g/mol. The van der Waals surface area contributed by atoms with E-state index in [9.17, 15) is 13.2 Å². The van der Waals surface area contributed by atoms with E-state index < -0.39 is 6.36 Å². The molecule has 0 amide bonds. The normalized spacial score (nSPS) is 11.6. The molecule has 0 aromatic heterocycles. The first kappa shape index (κ1) is 22.3. The lowest BCUT2D eigenvalue weighted by molar-refractivity contribution is -0.274. The monoisotopic (exact) mass is 430 g/mol. The van der Waals surface area contributed by atoms with E-state index in [1.54, 1.807) is 12.1 Å². The predicted octanol–water partition coefficient (Wildman–Crippen LogP) is 8.13. The van der Waals surface area contributed by atoms with Crippen LogP contribution in [-0.4, -0.2) is 12.6 Å². The predicted molar refractivity (Wildman–Crippen MR) is 119 cm³/mol. The second-order valence-electron chi connectivity index (χ2n) is 7.40. The number of rotatable bonds is 5. The maximum Gasteiger partial charge on any atom is 0.573 e. The van der Waals surface area contributed by atoms with E-state index in [2.05, 4.69) is 35.9 Å². The topological polar surface area (TPSA) is 9.23 Å². The fraction of sp³-hybridized carbons (Fsp3) is 0.280. The summed E-state index contributed by atoms with van der Waals surface area (Å²) in [5, 5.41) is 0. The van der Waals surface area contributed by atoms with Crippen LogP contribution in [0.4, 0.5) is 13.2 Å². The van der Waals surface area contributed by atoms with Crippen molar-refractivity contribution in [2.45, 2.75) is 45.4 Å². The van der Waals surface area contributed by atoms with E-state index in [1.807, 2.05) is 33.1 Å². The van der Waals surface area contributed by atoms with Crippen LogP contribution in [0.15, 0.2) is 53.4 Å². The molecule has 0 atom stereocenters. The zero-order valence-corrected chi connectivity index (χ0v) is 18.6. The summed E-state index contributed by atoms with van der Waals surface area (Å²) in [5.41, 5.74) is 7.64. The Kier molecular flexibility index (Phi) is 6.51. The van der Waals surface area contributed by atoms with Crippen molar-refractivity contribution in [1.29, 1.82) is 0 Å². The number of halogens is 3. The summed E-state index contributed by atoms with van der Waals surface area (Å²) in [6.45, 7) is 8.11. The minimum Gasteiger partial charge on any atom is -0.405 e. The lowest BCUT2D eigenvalue weighted by Crippen LogP contribution is -2.17. The Bertz CT molecular complexity index is 1070. The van der Waals surface area contributed by atoms with Crippen LogP contribution in [0.2, 0.25) is 0 Å². The van der Waals surface area contributed by atoms with Gasteiger partial charge in [0.1, 0.15) is 5.75 Å². The highest BCUT2D eigenvalue weighted by Gasteiger charge is 2.32. The van der Waals surface area contributed by atoms with Crippen molar-refractivity contribution in [2.75, 3.05) is 6.26 Å². The second kappa shape index (κ2) is 8.76. The Morgan fingerprint density at radius 3 is 2.10 bits per heavy atom. The molecule has 0 bridgehead atoms. The number of hydrogen-bond acceptors (Lipinski definition) is 2. The Morgan fingerprint density at radius 1 is 0.833 bits per heavy atom. The molecule has 3 aromatic rings. The fourth-order valence-electron chi connectivity index (χ4n) is 3.62. The third-order valence-corrected chi connectivity index (χ3v) is 5.99. The van der Waals surface area contributed by atoms with Crippen LogP contribution < -0.4 is 4.74 Å². The average Bonchev–Trinajstić information content (AvgIpc) is 2.69. The van der Waals surface area contributed by atoms with E-state index in [0.717, 1.165) is 50.3 Å². The van der Waals surface area contributed by atoms with Crippen molar-refractivity contribution in [3.8, 4) is 28.0 Å². The number of aryl methyl sites for hydroxylation is 3. The molecular formula is C25H25F3OS. The smallest absolute Gasteiger partial charge is 0.405 e. The Morgan fingerprint density at radius 2 is 1.50 bits per heavy atom. The third kappa shape index (κ3) is 4.84. The van der Waals surface area contributed by atoms with Gasteiger partial charge in [-0.25, -0.2) is 0 Å². The van der Waals surface area contributed by atoms with Gasteiger partial charge in [-0.15, -0.1) is 24.9 Å². The lowest BCUT2D eigenvalue weighted by atomic mass is 9.87. The first-order valence-corrected chi connectivity index (χ1v) is 11.0. The number of benzene rings is 3. The minimum absolute atomic E-state index is 0.177. The van der Waals surface area contributed by atoms with Crippen molar-refractivity contribution in [3.63, 3.8) is 0 Å². The van der Waals surface area contributed by atoms with Crippen molar-refractivity contribution in [1.82, 2.24) is 0 Å². The molecule has 3 aromatic carbocycles. The van der Waals surface area contributed by atoms with Gasteiger partial charge < -0.3 is 4.74 Å². The summed E-state index contributed by atoms with van der Waals surface area (Å²) in [6, 6.07) is 15.2. The van der Waals surface area contributed by atoms with Gasteiger partial charge >= 0.3 is 6.36 Å². The van der Waals surface area contributed by atoms with Crippen LogP contribution in [0.25, 0.3) is 22.3 Å². The number of hydrogen-bond donors (Lipinski definition) is 0. The molecule has 0 fully saturated rings. The largest absolute Gasteiger partial charge is 0.573 e. The van der Waals surface area contributed by atoms with Gasteiger partial charge in [-0.05, 0) is 85.0 Å². The van der Waals surface area contributed by atoms with Crippen LogP contribution in [0.3, 0.4) is 0 Å². The van der Waals surface area contributed by atoms with E-state index in [1.165, 1.54) is 17.8 Å². The van der Waals surface area contributed by atoms with E-state index in [0.29, 0.717) is 5.56 Å². The molecule has 30 heavy (non-hydrogen) atoms. The molecule has 0 saturated carbocycles. The van der Waals surface area contributed by atoms with E-state index >= 15 is 0 Å². The zero-order chi connectivity index (χ0) is 22.1. The van der Waals surface area contributed by atoms with Crippen LogP contribution >= 0.6 is 11.8 Å². The second-order valence-corrected chi connectivity index (χ2v) is 8.28. The van der Waals surface area contributed by atoms with Crippen LogP contribution in [0.1, 0.15) is 29.2 Å². The highest BCUT2D eigenvalue weighted by molar-refractivity contribution is 7.98. The summed E-state index contributed by atoms with van der Waals surface area (Å²) in [4.78, 5) is 0.883. The summed E-state index contributed by atoms with van der Waals surface area (Å²) in [6.07, 6.45) is -2.06. The molecule has 158 valence electrons. The highest BCUT2D eigenvalue weighted by atomic mass is 32.2. The first-order chi connectivity index (χ1) is 14.1. The van der Waals surface area contributed by atoms with Gasteiger partial charge in [0.2, 0.25) is 0 Å². The third-order valence-electron chi connectivity index (χ3n) is 5.26. The molecule has 0 spiro atoms. The first-order valence-electron chi connectivity index (χ1n) is 9.78. The SMILES string of the molecule is CCc1cc(-c2cc(C)ccc2C)c(C)c(-c2cc(SC)ccc2OC(F)(F)F)c1. The Hall–Kier alpha value is -2.40. The maximum absolute atomic E-state index is 13.1. The molecule has 0 unspecified atom stereocenters. The molecule has 5 heteroatoms. The molecule has 0 aliphatic rings. The van der Waals surface area contributed by atoms with Crippen molar-refractivity contribution >= 4 is 11.8 Å². The van der Waals surface area contributed by atoms with Crippen LogP contribution in [-0.2, 0) is 6.42 Å². The van der Waals surface area contributed by atoms with Crippen molar-refractivity contribution < 1.29 is 17.9 Å². The maximum atomic E-state index is 13.1. The van der Waals surface area contributed by atoms with Crippen molar-refractivity contribution in [2.24, 2.45) is 0 Å². The van der Waals surface area contributed by atoms with Gasteiger partial charge in [0.25, 0.3) is 0 Å². The number of ether oxygens (including phenoxy) is 1. The summed E-state index contributed by atoms with van der Waals surface area (Å²) in [7, 11) is 0. The molecule has 0 aliphatic carbocycles. The number of alkyl halides is 3. The Balaban J connectivity index is 2.30. The van der Waals surface area contributed by atoms with Crippen LogP contribution in [0.5, 0.6) is 5.75 Å². The molecule has 0 aliphatic heterocycles. The van der Waals surface area contributed by atoms with Gasteiger partial charge in [-0.2, -0.15) is 0 Å². The van der Waals surface area contributed by atoms with E-state index in [-0.39, 0.29) is 5.75 Å². The molecule has 3 rings (SSSR count). The van der Waals surface area contributed by atoms with Crippen LogP contribution in [0, 0.1) is 20.8 Å². The molecule has 0 heterocycles. The van der Waals surface area contributed by atoms with Gasteiger partial charge in [-0.3, -0.25) is 0 Å². The van der Waals surface area contributed by atoms with Gasteiger partial charge in [0, 0.05) is 10.5 Å². The Labute approximate surface area is 180 Å². The quantitative estimate of drug-likeness (QED) is 0.378. The average molecular weight is 431 g/mol. The highest BCUT2D eigenvalue weighted by Crippen LogP contribution is 2.41. The minimum atomic E-state index is -4.75. The van der Waals surface area contributed by atoms with Gasteiger partial charge in [0.05, 0.1) is 0 Å². The molecule has 1 nitrogen and oxygen atoms in total. The zero-order valence-electron chi connectivity index (χ0n) is 17.8. The molecule has 0 radical (unpaired) electrons. The van der Waals surface area contributed by atoms with Gasteiger partial charge in [-0.1, -0.05) is 42.8 Å². The van der Waals surface area contributed by atoms with E-state index in [4.69, 9.17) is 0 Å².